The molecular formula is C10H15NO6. The summed E-state index contributed by atoms with van der Waals surface area (Å²) in [7, 11) is 1.49. The number of aliphatic carboxylic acids is 2. The average Bonchev–Trinajstić information content (AvgIpc) is 2.57. The zero-order valence-electron chi connectivity index (χ0n) is 9.42. The van der Waals surface area contributed by atoms with E-state index in [9.17, 15) is 9.59 Å². The molecule has 0 spiro atoms. The molecule has 1 aliphatic rings. The number of hydrogen-bond donors (Lipinski definition) is 3. The number of aliphatic hydroxyl groups is 1. The highest BCUT2D eigenvalue weighted by molar-refractivity contribution is 5.98. The fourth-order valence-electron chi connectivity index (χ4n) is 1.76. The summed E-state index contributed by atoms with van der Waals surface area (Å²) in [5, 5.41) is 27.7. The van der Waals surface area contributed by atoms with Gasteiger partial charge in [0.05, 0.1) is 6.04 Å². The van der Waals surface area contributed by atoms with Gasteiger partial charge in [-0.2, -0.15) is 0 Å². The van der Waals surface area contributed by atoms with Gasteiger partial charge < -0.3 is 20.2 Å². The number of carboxylic acids is 2. The molecule has 1 aliphatic heterocycles. The van der Waals surface area contributed by atoms with Crippen molar-refractivity contribution < 1.29 is 29.7 Å². The number of carboxylic acid groups (broad SMARTS) is 2. The van der Waals surface area contributed by atoms with E-state index in [1.165, 1.54) is 12.1 Å². The molecule has 0 bridgehead atoms. The van der Waals surface area contributed by atoms with Gasteiger partial charge in [-0.1, -0.05) is 0 Å². The van der Waals surface area contributed by atoms with Crippen LogP contribution in [0.4, 0.5) is 0 Å². The highest BCUT2D eigenvalue weighted by Gasteiger charge is 2.39. The maximum atomic E-state index is 11.0. The van der Waals surface area contributed by atoms with Gasteiger partial charge in [0.25, 0.3) is 0 Å². The van der Waals surface area contributed by atoms with Crippen LogP contribution in [0, 0.1) is 0 Å². The Kier molecular flexibility index (Phi) is 4.47. The van der Waals surface area contributed by atoms with Gasteiger partial charge in [-0.25, -0.2) is 9.59 Å². The highest BCUT2D eigenvalue weighted by Crippen LogP contribution is 2.28. The third-order valence-corrected chi connectivity index (χ3v) is 2.56. The first-order valence-electron chi connectivity index (χ1n) is 5.21. The third kappa shape index (κ3) is 2.95. The second-order valence-corrected chi connectivity index (χ2v) is 3.73. The minimum absolute atomic E-state index is 0.0230. The van der Waals surface area contributed by atoms with Crippen LogP contribution in [0.5, 0.6) is 0 Å². The molecule has 7 heteroatoms. The van der Waals surface area contributed by atoms with Crippen molar-refractivity contribution in [2.75, 3.05) is 13.7 Å². The molecule has 0 unspecified atom stereocenters. The molecule has 3 N–H and O–H groups in total. The summed E-state index contributed by atoms with van der Waals surface area (Å²) < 4.78 is 0. The molecule has 0 saturated heterocycles. The second kappa shape index (κ2) is 5.65. The summed E-state index contributed by atoms with van der Waals surface area (Å²) in [5.41, 5.74) is -0.238. The Morgan fingerprint density at radius 1 is 1.29 bits per heavy atom. The predicted molar refractivity (Wildman–Crippen MR) is 55.9 cm³/mol. The van der Waals surface area contributed by atoms with Crippen LogP contribution < -0.4 is 0 Å². The van der Waals surface area contributed by atoms with E-state index in [-0.39, 0.29) is 12.2 Å². The van der Waals surface area contributed by atoms with E-state index in [0.717, 1.165) is 0 Å². The van der Waals surface area contributed by atoms with E-state index in [0.29, 0.717) is 19.3 Å². The van der Waals surface area contributed by atoms with E-state index < -0.39 is 23.7 Å². The van der Waals surface area contributed by atoms with E-state index in [1.807, 2.05) is 0 Å². The minimum Gasteiger partial charge on any atom is -0.478 e. The van der Waals surface area contributed by atoms with Gasteiger partial charge in [0, 0.05) is 13.7 Å². The van der Waals surface area contributed by atoms with Crippen LogP contribution in [-0.4, -0.2) is 52.0 Å². The lowest BCUT2D eigenvalue weighted by Gasteiger charge is -2.18. The fraction of sp³-hybridized carbons (Fsp3) is 0.600. The van der Waals surface area contributed by atoms with Crippen molar-refractivity contribution in [2.45, 2.75) is 25.3 Å². The summed E-state index contributed by atoms with van der Waals surface area (Å²) in [5.74, 6) is -3.21. The van der Waals surface area contributed by atoms with E-state index in [2.05, 4.69) is 0 Å². The lowest BCUT2D eigenvalue weighted by molar-refractivity contribution is -0.149. The van der Waals surface area contributed by atoms with Gasteiger partial charge in [-0.3, -0.25) is 0 Å². The zero-order valence-corrected chi connectivity index (χ0v) is 9.42. The largest absolute Gasteiger partial charge is 0.478 e. The van der Waals surface area contributed by atoms with Crippen LogP contribution in [0.3, 0.4) is 0 Å². The summed E-state index contributed by atoms with van der Waals surface area (Å²) in [4.78, 5) is 26.8. The van der Waals surface area contributed by atoms with Gasteiger partial charge in [-0.15, -0.1) is 5.06 Å². The van der Waals surface area contributed by atoms with Crippen LogP contribution in [0.15, 0.2) is 11.3 Å². The molecular weight excluding hydrogens is 230 g/mol. The smallest absolute Gasteiger partial charge is 0.374 e. The Balaban J connectivity index is 2.86. The van der Waals surface area contributed by atoms with E-state index in [1.54, 1.807) is 0 Å². The molecule has 0 amide bonds. The molecule has 0 fully saturated rings. The number of rotatable bonds is 6. The first kappa shape index (κ1) is 13.5. The highest BCUT2D eigenvalue weighted by atomic mass is 16.7. The van der Waals surface area contributed by atoms with Crippen LogP contribution >= 0.6 is 0 Å². The summed E-state index contributed by atoms with van der Waals surface area (Å²) >= 11 is 0. The Labute approximate surface area is 97.9 Å². The number of unbranched alkanes of at least 4 members (excludes halogenated alkanes) is 1. The first-order chi connectivity index (χ1) is 7.99. The number of hydroxylamine groups is 2. The molecule has 96 valence electrons. The number of hydrogen-bond acceptors (Lipinski definition) is 5. The first-order valence-corrected chi connectivity index (χ1v) is 5.21. The van der Waals surface area contributed by atoms with Gasteiger partial charge in [0.15, 0.2) is 0 Å². The number of likely N-dealkylation sites (N-methyl/N-ethyl adjacent to an activating group) is 1. The lowest BCUT2D eigenvalue weighted by atomic mass is 10.0. The van der Waals surface area contributed by atoms with Crippen molar-refractivity contribution in [1.29, 1.82) is 0 Å². The normalized spacial score (nSPS) is 20.5. The van der Waals surface area contributed by atoms with E-state index in [4.69, 9.17) is 20.2 Å². The monoisotopic (exact) mass is 245 g/mol. The van der Waals surface area contributed by atoms with Crippen LogP contribution in [0.1, 0.15) is 19.3 Å². The summed E-state index contributed by atoms with van der Waals surface area (Å²) in [6.45, 7) is 0.0230. The molecule has 0 aromatic rings. The Morgan fingerprint density at radius 3 is 2.41 bits per heavy atom. The maximum Gasteiger partial charge on any atom is 0.374 e. The van der Waals surface area contributed by atoms with Gasteiger partial charge >= 0.3 is 11.9 Å². The van der Waals surface area contributed by atoms with Crippen molar-refractivity contribution in [3.8, 4) is 0 Å². The van der Waals surface area contributed by atoms with Gasteiger partial charge in [0.1, 0.15) is 5.57 Å². The number of carbonyl (C=O) groups is 2. The average molecular weight is 245 g/mol. The maximum absolute atomic E-state index is 11.0. The van der Waals surface area contributed by atoms with Crippen molar-refractivity contribution in [3.63, 3.8) is 0 Å². The second-order valence-electron chi connectivity index (χ2n) is 3.73. The molecule has 17 heavy (non-hydrogen) atoms. The van der Waals surface area contributed by atoms with Crippen LogP contribution in [0.25, 0.3) is 0 Å². The van der Waals surface area contributed by atoms with Crippen LogP contribution in [0.2, 0.25) is 0 Å². The van der Waals surface area contributed by atoms with Gasteiger partial charge in [0.2, 0.25) is 5.76 Å². The molecule has 0 saturated carbocycles. The van der Waals surface area contributed by atoms with Crippen LogP contribution in [-0.2, 0) is 14.4 Å². The number of nitrogens with zero attached hydrogens (tertiary/aromatic N) is 1. The third-order valence-electron chi connectivity index (χ3n) is 2.56. The molecule has 1 rings (SSSR count). The topological polar surface area (TPSA) is 107 Å². The van der Waals surface area contributed by atoms with Crippen molar-refractivity contribution >= 4 is 11.9 Å². The molecule has 0 aromatic carbocycles. The fourth-order valence-corrected chi connectivity index (χ4v) is 1.76. The number of aliphatic hydroxyl groups excluding tert-OH is 1. The van der Waals surface area contributed by atoms with Crippen molar-refractivity contribution in [3.05, 3.63) is 11.3 Å². The molecule has 0 aromatic heterocycles. The SMILES string of the molecule is CN1OC(C(=O)O)=C(C(=O)O)[C@H]1CCCCO. The molecule has 7 nitrogen and oxygen atoms in total. The predicted octanol–water partition coefficient (Wildman–Crippen LogP) is -0.182. The lowest BCUT2D eigenvalue weighted by Crippen LogP contribution is -2.29. The Morgan fingerprint density at radius 2 is 1.94 bits per heavy atom. The summed E-state index contributed by atoms with van der Waals surface area (Å²) in [6.07, 6.45) is 1.56. The van der Waals surface area contributed by atoms with Crippen molar-refractivity contribution in [2.24, 2.45) is 0 Å². The van der Waals surface area contributed by atoms with Gasteiger partial charge in [-0.05, 0) is 19.3 Å². The summed E-state index contributed by atoms with van der Waals surface area (Å²) in [6, 6.07) is -0.592. The minimum atomic E-state index is -1.39. The van der Waals surface area contributed by atoms with E-state index >= 15 is 0 Å². The molecule has 1 heterocycles. The quantitative estimate of drug-likeness (QED) is 0.557. The van der Waals surface area contributed by atoms with Crippen molar-refractivity contribution in [1.82, 2.24) is 5.06 Å². The standard InChI is InChI=1S/C10H15NO6/c1-11-6(4-2-3-5-12)7(9(13)14)8(17-11)10(15)16/h6,12H,2-5H2,1H3,(H,13,14)(H,15,16)/t6-/m1/s1. The Hall–Kier alpha value is -1.60. The molecule has 1 atom stereocenters. The zero-order chi connectivity index (χ0) is 13.0. The molecule has 0 radical (unpaired) electrons. The Bertz CT molecular complexity index is 351. The molecule has 0 aliphatic carbocycles.